The van der Waals surface area contributed by atoms with Crippen molar-refractivity contribution < 1.29 is 25.8 Å². The molecule has 0 atom stereocenters. The summed E-state index contributed by atoms with van der Waals surface area (Å²) in [6, 6.07) is 55.3. The zero-order valence-corrected chi connectivity index (χ0v) is 43.4. The first-order valence-corrected chi connectivity index (χ1v) is 23.5. The molecule has 6 aromatic carbocycles. The van der Waals surface area contributed by atoms with Gasteiger partial charge >= 0.3 is 0 Å². The number of nitrogens with zero attached hydrogens (tertiary/aromatic N) is 4. The van der Waals surface area contributed by atoms with Crippen LogP contribution in [0.1, 0.15) is 134 Å². The molecule has 0 N–H and O–H groups in total. The van der Waals surface area contributed by atoms with Gasteiger partial charge in [0.25, 0.3) is 0 Å². The molecule has 1 aliphatic heterocycles. The minimum atomic E-state index is -0.230. The number of anilines is 2. The predicted molar refractivity (Wildman–Crippen MR) is 277 cm³/mol. The van der Waals surface area contributed by atoms with E-state index < -0.39 is 0 Å². The van der Waals surface area contributed by atoms with Gasteiger partial charge in [-0.2, -0.15) is 6.07 Å². The molecule has 0 spiro atoms. The number of pyridine rings is 1. The zero-order chi connectivity index (χ0) is 46.7. The van der Waals surface area contributed by atoms with Gasteiger partial charge in [0.05, 0.1) is 0 Å². The Balaban J connectivity index is 0.00000608. The van der Waals surface area contributed by atoms with Crippen LogP contribution < -0.4 is 14.5 Å². The van der Waals surface area contributed by atoms with Crippen LogP contribution in [0.4, 0.5) is 11.4 Å². The third kappa shape index (κ3) is 9.25. The van der Waals surface area contributed by atoms with E-state index in [9.17, 15) is 0 Å². The number of benzene rings is 6. The van der Waals surface area contributed by atoms with Crippen LogP contribution in [0.5, 0.6) is 11.5 Å². The van der Waals surface area contributed by atoms with Gasteiger partial charge in [0.1, 0.15) is 5.82 Å². The number of para-hydroxylation sites is 1. The van der Waals surface area contributed by atoms with Gasteiger partial charge in [-0.15, -0.1) is 53.6 Å². The summed E-state index contributed by atoms with van der Waals surface area (Å²) in [5.41, 5.74) is 13.5. The Labute approximate surface area is 413 Å². The molecule has 0 unspecified atom stereocenters. The summed E-state index contributed by atoms with van der Waals surface area (Å²) < 4.78 is 9.12. The first kappa shape index (κ1) is 47.6. The maximum Gasteiger partial charge on any atom is 0.135 e. The van der Waals surface area contributed by atoms with Crippen molar-refractivity contribution in [3.63, 3.8) is 0 Å². The van der Waals surface area contributed by atoms with Crippen molar-refractivity contribution >= 4 is 38.9 Å². The van der Waals surface area contributed by atoms with Gasteiger partial charge in [-0.3, -0.25) is 0 Å². The monoisotopic (exact) mass is 1060 g/mol. The largest absolute Gasteiger partial charge is 0.509 e. The minimum Gasteiger partial charge on any atom is -0.509 e. The Hall–Kier alpha value is -5.90. The van der Waals surface area contributed by atoms with Gasteiger partial charge in [0.15, 0.2) is 0 Å². The van der Waals surface area contributed by atoms with E-state index in [0.717, 1.165) is 50.3 Å². The van der Waals surface area contributed by atoms with Gasteiger partial charge in [-0.25, -0.2) is 4.98 Å². The Bertz CT molecular complexity index is 3080. The quantitative estimate of drug-likeness (QED) is 0.128. The molecule has 346 valence electrons. The van der Waals surface area contributed by atoms with Crippen molar-refractivity contribution in [1.82, 2.24) is 9.55 Å². The fraction of sp³-hybridized carbons (Fsp3) is 0.279. The topological polar surface area (TPSA) is 33.5 Å². The summed E-state index contributed by atoms with van der Waals surface area (Å²) in [5.74, 6) is 2.74. The van der Waals surface area contributed by atoms with Crippen molar-refractivity contribution in [2.24, 2.45) is 0 Å². The van der Waals surface area contributed by atoms with E-state index in [-0.39, 0.29) is 37.3 Å². The van der Waals surface area contributed by atoms with Crippen molar-refractivity contribution in [1.29, 1.82) is 0 Å². The Kier molecular flexibility index (Phi) is 13.0. The number of fused-ring (bicyclic) bond motifs is 3. The number of ether oxygens (including phenoxy) is 1. The predicted octanol–water partition coefficient (Wildman–Crippen LogP) is 16.2. The summed E-state index contributed by atoms with van der Waals surface area (Å²) in [6.45, 7) is 29.5. The molecule has 5 nitrogen and oxygen atoms in total. The van der Waals surface area contributed by atoms with Crippen LogP contribution in [0.25, 0.3) is 33.3 Å². The van der Waals surface area contributed by atoms with Crippen LogP contribution in [0, 0.1) is 18.8 Å². The molecule has 0 aliphatic carbocycles. The summed E-state index contributed by atoms with van der Waals surface area (Å²) in [7, 11) is 0. The molecular formula is C61H63N4OPt-3. The summed E-state index contributed by atoms with van der Waals surface area (Å²) >= 11 is 0. The molecule has 0 saturated carbocycles. The molecule has 0 bridgehead atoms. The normalized spacial score (nSPS) is 13.5. The maximum atomic E-state index is 6.90. The zero-order valence-electron chi connectivity index (χ0n) is 41.1. The van der Waals surface area contributed by atoms with E-state index in [2.05, 4.69) is 250 Å². The molecule has 1 aliphatic rings. The standard InChI is InChI=1S/C61H63N4O.Pt/c1-40(2)50-25-19-26-51(41(3)4)58(50)56-38-63(39-64(56)46-23-18-22-43(32-46)59(5,6)7)47-33-45(60(8,9)10)34-49(36-47)66-48-28-29-53-52-24-16-17-27-54(52)65(55(53)37-48)57-35-44(30-31-62-57)61(11,12)42-20-14-13-15-21-42;/h13-35,38-41H,1-12H3;/q-3;. The van der Waals surface area contributed by atoms with Gasteiger partial charge in [-0.05, 0) is 92.4 Å². The van der Waals surface area contributed by atoms with Crippen LogP contribution >= 0.6 is 0 Å². The molecule has 3 heterocycles. The Morgan fingerprint density at radius 2 is 1.24 bits per heavy atom. The van der Waals surface area contributed by atoms with Crippen molar-refractivity contribution in [3.8, 4) is 17.3 Å². The average molecular weight is 1060 g/mol. The van der Waals surface area contributed by atoms with Crippen molar-refractivity contribution in [2.45, 2.75) is 111 Å². The number of hydrogen-bond donors (Lipinski definition) is 0. The first-order valence-electron chi connectivity index (χ1n) is 23.5. The molecule has 2 aromatic heterocycles. The molecule has 0 radical (unpaired) electrons. The van der Waals surface area contributed by atoms with E-state index >= 15 is 0 Å². The van der Waals surface area contributed by atoms with Crippen LogP contribution in [0.2, 0.25) is 0 Å². The average Bonchev–Trinajstić information content (AvgIpc) is 3.88. The number of hydrogen-bond acceptors (Lipinski definition) is 4. The maximum absolute atomic E-state index is 6.90. The van der Waals surface area contributed by atoms with Crippen LogP contribution in [0.3, 0.4) is 0 Å². The molecule has 6 heteroatoms. The fourth-order valence-corrected chi connectivity index (χ4v) is 9.30. The van der Waals surface area contributed by atoms with Gasteiger partial charge < -0.3 is 19.1 Å². The molecular weight excluding hydrogens is 1000 g/mol. The summed E-state index contributed by atoms with van der Waals surface area (Å²) in [5, 5.41) is 2.22. The summed E-state index contributed by atoms with van der Waals surface area (Å²) in [6.07, 6.45) is 4.21. The Morgan fingerprint density at radius 3 is 1.93 bits per heavy atom. The van der Waals surface area contributed by atoms with E-state index in [4.69, 9.17) is 9.72 Å². The fourth-order valence-electron chi connectivity index (χ4n) is 9.30. The molecule has 8 aromatic rings. The van der Waals surface area contributed by atoms with Crippen molar-refractivity contribution in [3.05, 3.63) is 204 Å². The van der Waals surface area contributed by atoms with Crippen LogP contribution in [-0.4, -0.2) is 9.55 Å². The van der Waals surface area contributed by atoms with E-state index in [1.807, 2.05) is 12.3 Å². The van der Waals surface area contributed by atoms with Crippen LogP contribution in [-0.2, 0) is 37.3 Å². The van der Waals surface area contributed by atoms with Gasteiger partial charge in [0.2, 0.25) is 0 Å². The summed E-state index contributed by atoms with van der Waals surface area (Å²) in [4.78, 5) is 9.57. The van der Waals surface area contributed by atoms with E-state index in [1.165, 1.54) is 33.4 Å². The number of aromatic nitrogens is 2. The van der Waals surface area contributed by atoms with E-state index in [1.54, 1.807) is 0 Å². The van der Waals surface area contributed by atoms with E-state index in [0.29, 0.717) is 23.3 Å². The Morgan fingerprint density at radius 1 is 0.582 bits per heavy atom. The third-order valence-electron chi connectivity index (χ3n) is 13.3. The van der Waals surface area contributed by atoms with Gasteiger partial charge in [0, 0.05) is 66.6 Å². The second-order valence-electron chi connectivity index (χ2n) is 21.1. The SMILES string of the molecule is CC(C)c1cccc(C(C)C)c1C1=CN(c2[c-]c(Oc3[c-]c4c(cc3)c3ccccc3n4-c3cc(C(C)(C)c4ccccc4)ccn3)cc(C(C)(C)C)c2)[CH-]N1c1cccc(C(C)(C)C)c1.[Pt]. The molecule has 0 fully saturated rings. The third-order valence-corrected chi connectivity index (χ3v) is 13.3. The smallest absolute Gasteiger partial charge is 0.135 e. The molecule has 0 amide bonds. The minimum absolute atomic E-state index is 0. The molecule has 67 heavy (non-hydrogen) atoms. The number of rotatable bonds is 10. The van der Waals surface area contributed by atoms with Gasteiger partial charge in [-0.1, -0.05) is 167 Å². The van der Waals surface area contributed by atoms with Crippen LogP contribution in [0.15, 0.2) is 146 Å². The second kappa shape index (κ2) is 18.3. The molecule has 9 rings (SSSR count). The molecule has 0 saturated heterocycles. The van der Waals surface area contributed by atoms with Crippen molar-refractivity contribution in [2.75, 3.05) is 9.80 Å². The first-order chi connectivity index (χ1) is 31.4. The second-order valence-corrected chi connectivity index (χ2v) is 21.1.